The molecule has 0 bridgehead atoms. The summed E-state index contributed by atoms with van der Waals surface area (Å²) in [5.74, 6) is -2.05. The van der Waals surface area contributed by atoms with E-state index in [4.69, 9.17) is 9.84 Å². The Balaban J connectivity index is 4.10. The molecule has 0 aliphatic heterocycles. The van der Waals surface area contributed by atoms with E-state index in [1.54, 1.807) is 6.92 Å². The van der Waals surface area contributed by atoms with Gasteiger partial charge in [-0.1, -0.05) is 13.8 Å². The predicted octanol–water partition coefficient (Wildman–Crippen LogP) is 0.773. The van der Waals surface area contributed by atoms with Crippen LogP contribution in [0.25, 0.3) is 0 Å². The second kappa shape index (κ2) is 6.54. The maximum Gasteiger partial charge on any atom is 0.316 e. The van der Waals surface area contributed by atoms with E-state index >= 15 is 0 Å². The molecule has 0 heterocycles. The van der Waals surface area contributed by atoms with Gasteiger partial charge in [0.05, 0.1) is 13.2 Å². The van der Waals surface area contributed by atoms with E-state index in [-0.39, 0.29) is 12.4 Å². The Bertz CT molecular complexity index is 200. The number of hydrogen-bond donors (Lipinski definition) is 1. The first kappa shape index (κ1) is 13.1. The second-order valence-electron chi connectivity index (χ2n) is 3.38. The number of ketones is 1. The molecule has 0 aliphatic carbocycles. The Labute approximate surface area is 84.3 Å². The van der Waals surface area contributed by atoms with Crippen LogP contribution in [0.15, 0.2) is 0 Å². The van der Waals surface area contributed by atoms with Gasteiger partial charge in [0.1, 0.15) is 5.92 Å². The molecule has 0 aromatic carbocycles. The van der Waals surface area contributed by atoms with Crippen molar-refractivity contribution in [1.29, 1.82) is 0 Å². The minimum absolute atomic E-state index is 0.232. The van der Waals surface area contributed by atoms with Gasteiger partial charge in [-0.2, -0.15) is 0 Å². The molecule has 0 aromatic rings. The number of ether oxygens (including phenoxy) is 1. The molecule has 0 rings (SSSR count). The third kappa shape index (κ3) is 3.87. The second-order valence-corrected chi connectivity index (χ2v) is 3.38. The van der Waals surface area contributed by atoms with Crippen LogP contribution in [0.3, 0.4) is 0 Å². The van der Waals surface area contributed by atoms with E-state index in [1.807, 2.05) is 6.92 Å². The summed E-state index contributed by atoms with van der Waals surface area (Å²) in [7, 11) is 0. The number of carbonyl (C=O) groups is 2. The van der Waals surface area contributed by atoms with Gasteiger partial charge in [0.25, 0.3) is 0 Å². The van der Waals surface area contributed by atoms with Crippen LogP contribution in [-0.4, -0.2) is 30.1 Å². The van der Waals surface area contributed by atoms with Gasteiger partial charge in [0, 0.05) is 5.92 Å². The number of carbonyl (C=O) groups excluding carboxylic acids is 2. The zero-order valence-corrected chi connectivity index (χ0v) is 8.95. The molecule has 82 valence electrons. The fourth-order valence-corrected chi connectivity index (χ4v) is 0.961. The average molecular weight is 202 g/mol. The number of esters is 1. The molecule has 0 aliphatic rings. The fraction of sp³-hybridized carbons (Fsp3) is 0.800. The first-order chi connectivity index (χ1) is 6.54. The summed E-state index contributed by atoms with van der Waals surface area (Å²) in [6, 6.07) is 0. The standard InChI is InChI=1S/C10H18O4/c1-4-5-14-10(13)8(3)9(12)7(2)6-11/h7-8,11H,4-6H2,1-3H3/t7-,8-/m1/s1. The first-order valence-corrected chi connectivity index (χ1v) is 4.85. The molecule has 0 aromatic heterocycles. The lowest BCUT2D eigenvalue weighted by molar-refractivity contribution is -0.152. The zero-order chi connectivity index (χ0) is 11.1. The third-order valence-electron chi connectivity index (χ3n) is 1.99. The van der Waals surface area contributed by atoms with E-state index in [0.29, 0.717) is 6.61 Å². The number of aliphatic hydroxyl groups excluding tert-OH is 1. The average Bonchev–Trinajstić information content (AvgIpc) is 2.22. The van der Waals surface area contributed by atoms with Crippen LogP contribution in [0.5, 0.6) is 0 Å². The minimum Gasteiger partial charge on any atom is -0.465 e. The molecule has 14 heavy (non-hydrogen) atoms. The molecule has 0 radical (unpaired) electrons. The van der Waals surface area contributed by atoms with E-state index in [9.17, 15) is 9.59 Å². The highest BCUT2D eigenvalue weighted by Gasteiger charge is 2.26. The summed E-state index contributed by atoms with van der Waals surface area (Å²) in [5, 5.41) is 8.74. The third-order valence-corrected chi connectivity index (χ3v) is 1.99. The van der Waals surface area contributed by atoms with Gasteiger partial charge < -0.3 is 9.84 Å². The lowest BCUT2D eigenvalue weighted by atomic mass is 9.96. The van der Waals surface area contributed by atoms with Crippen LogP contribution in [0.1, 0.15) is 27.2 Å². The lowest BCUT2D eigenvalue weighted by Crippen LogP contribution is -2.29. The minimum atomic E-state index is -0.774. The van der Waals surface area contributed by atoms with Crippen molar-refractivity contribution in [3.05, 3.63) is 0 Å². The fourth-order valence-electron chi connectivity index (χ4n) is 0.961. The van der Waals surface area contributed by atoms with Crippen molar-refractivity contribution in [1.82, 2.24) is 0 Å². The zero-order valence-electron chi connectivity index (χ0n) is 8.95. The van der Waals surface area contributed by atoms with Crippen LogP contribution in [0.4, 0.5) is 0 Å². The smallest absolute Gasteiger partial charge is 0.316 e. The molecule has 0 spiro atoms. The summed E-state index contributed by atoms with van der Waals surface area (Å²) in [5.41, 5.74) is 0. The van der Waals surface area contributed by atoms with Crippen LogP contribution in [0.2, 0.25) is 0 Å². The first-order valence-electron chi connectivity index (χ1n) is 4.85. The molecule has 0 saturated heterocycles. The van der Waals surface area contributed by atoms with Gasteiger partial charge in [-0.3, -0.25) is 9.59 Å². The number of rotatable bonds is 6. The molecule has 4 nitrogen and oxygen atoms in total. The Morgan fingerprint density at radius 3 is 2.36 bits per heavy atom. The van der Waals surface area contributed by atoms with Crippen molar-refractivity contribution in [3.8, 4) is 0 Å². The largest absolute Gasteiger partial charge is 0.465 e. The Hall–Kier alpha value is -0.900. The van der Waals surface area contributed by atoms with Gasteiger partial charge in [-0.25, -0.2) is 0 Å². The molecular weight excluding hydrogens is 184 g/mol. The molecule has 0 saturated carbocycles. The van der Waals surface area contributed by atoms with Gasteiger partial charge >= 0.3 is 5.97 Å². The summed E-state index contributed by atoms with van der Waals surface area (Å²) < 4.78 is 4.83. The number of aliphatic hydroxyl groups is 1. The van der Waals surface area contributed by atoms with Crippen molar-refractivity contribution >= 4 is 11.8 Å². The molecule has 0 unspecified atom stereocenters. The van der Waals surface area contributed by atoms with Gasteiger partial charge in [-0.05, 0) is 13.3 Å². The predicted molar refractivity (Wildman–Crippen MR) is 51.7 cm³/mol. The summed E-state index contributed by atoms with van der Waals surface area (Å²) >= 11 is 0. The molecule has 2 atom stereocenters. The highest BCUT2D eigenvalue weighted by Crippen LogP contribution is 2.08. The molecule has 0 amide bonds. The topological polar surface area (TPSA) is 63.6 Å². The quantitative estimate of drug-likeness (QED) is 0.510. The van der Waals surface area contributed by atoms with Crippen molar-refractivity contribution in [3.63, 3.8) is 0 Å². The van der Waals surface area contributed by atoms with Crippen molar-refractivity contribution in [2.24, 2.45) is 11.8 Å². The Morgan fingerprint density at radius 2 is 1.93 bits per heavy atom. The van der Waals surface area contributed by atoms with E-state index < -0.39 is 17.8 Å². The lowest BCUT2D eigenvalue weighted by Gasteiger charge is -2.13. The highest BCUT2D eigenvalue weighted by molar-refractivity contribution is 5.99. The Kier molecular flexibility index (Phi) is 6.12. The molecular formula is C10H18O4. The van der Waals surface area contributed by atoms with Gasteiger partial charge in [-0.15, -0.1) is 0 Å². The number of Topliss-reactive ketones (excluding diaryl/α,β-unsaturated/α-hetero) is 1. The highest BCUT2D eigenvalue weighted by atomic mass is 16.5. The van der Waals surface area contributed by atoms with E-state index in [1.165, 1.54) is 6.92 Å². The van der Waals surface area contributed by atoms with Crippen molar-refractivity contribution < 1.29 is 19.4 Å². The SMILES string of the molecule is CCCOC(=O)[C@H](C)C(=O)[C@H](C)CO. The molecule has 4 heteroatoms. The maximum atomic E-state index is 11.4. The molecule has 0 fully saturated rings. The van der Waals surface area contributed by atoms with Crippen molar-refractivity contribution in [2.75, 3.05) is 13.2 Å². The van der Waals surface area contributed by atoms with Gasteiger partial charge in [0.15, 0.2) is 5.78 Å². The Morgan fingerprint density at radius 1 is 1.36 bits per heavy atom. The summed E-state index contributed by atoms with van der Waals surface area (Å²) in [6.45, 7) is 5.09. The van der Waals surface area contributed by atoms with Crippen LogP contribution < -0.4 is 0 Å². The summed E-state index contributed by atoms with van der Waals surface area (Å²) in [6.07, 6.45) is 0.738. The van der Waals surface area contributed by atoms with Gasteiger partial charge in [0.2, 0.25) is 0 Å². The van der Waals surface area contributed by atoms with Crippen LogP contribution >= 0.6 is 0 Å². The maximum absolute atomic E-state index is 11.4. The molecule has 1 N–H and O–H groups in total. The van der Waals surface area contributed by atoms with Crippen LogP contribution in [0, 0.1) is 11.8 Å². The number of hydrogen-bond acceptors (Lipinski definition) is 4. The van der Waals surface area contributed by atoms with E-state index in [0.717, 1.165) is 6.42 Å². The monoisotopic (exact) mass is 202 g/mol. The normalized spacial score (nSPS) is 14.6. The van der Waals surface area contributed by atoms with Crippen molar-refractivity contribution in [2.45, 2.75) is 27.2 Å². The van der Waals surface area contributed by atoms with Crippen LogP contribution in [-0.2, 0) is 14.3 Å². The van der Waals surface area contributed by atoms with E-state index in [2.05, 4.69) is 0 Å². The summed E-state index contributed by atoms with van der Waals surface area (Å²) in [4.78, 5) is 22.7.